The number of benzene rings is 2. The molecule has 8 heteroatoms. The highest BCUT2D eigenvalue weighted by Crippen LogP contribution is 2.43. The third-order valence-electron chi connectivity index (χ3n) is 10.9. The van der Waals surface area contributed by atoms with Crippen molar-refractivity contribution in [2.75, 3.05) is 31.1 Å². The van der Waals surface area contributed by atoms with Gasteiger partial charge in [0.15, 0.2) is 0 Å². The Morgan fingerprint density at radius 3 is 2.83 bits per heavy atom. The molecule has 0 radical (unpaired) electrons. The van der Waals surface area contributed by atoms with Crippen LogP contribution in [0.4, 0.5) is 10.1 Å². The Bertz CT molecular complexity index is 1500. The molecular weight excluding hydrogens is 529 g/mol. The predicted octanol–water partition coefficient (Wildman–Crippen LogP) is 5.41. The minimum Gasteiger partial charge on any atom is -0.508 e. The van der Waals surface area contributed by atoms with Crippen LogP contribution < -0.4 is 15.0 Å². The number of nitrogens with zero attached hydrogens (tertiary/aromatic N) is 4. The second-order valence-electron chi connectivity index (χ2n) is 13.5. The number of hydrogen-bond donors (Lipinski definition) is 2. The Hall–Kier alpha value is -2.97. The lowest BCUT2D eigenvalue weighted by atomic mass is 9.85. The second kappa shape index (κ2) is 10.3. The summed E-state index contributed by atoms with van der Waals surface area (Å²) in [5.74, 6) is 0.697. The van der Waals surface area contributed by atoms with Crippen LogP contribution in [0.25, 0.3) is 10.8 Å². The van der Waals surface area contributed by atoms with Crippen molar-refractivity contribution in [3.05, 3.63) is 52.8 Å². The topological polar surface area (TPSA) is 73.8 Å². The number of aryl methyl sites for hydroxylation is 1. The molecule has 0 amide bonds. The number of alkyl halides is 1. The molecule has 7 nitrogen and oxygen atoms in total. The van der Waals surface area contributed by atoms with E-state index in [0.29, 0.717) is 50.1 Å². The number of aromatic nitrogens is 2. The zero-order valence-electron chi connectivity index (χ0n) is 24.6. The minimum absolute atomic E-state index is 0.226. The van der Waals surface area contributed by atoms with Crippen molar-refractivity contribution in [3.63, 3.8) is 0 Å². The van der Waals surface area contributed by atoms with Gasteiger partial charge < -0.3 is 20.1 Å². The molecule has 4 saturated heterocycles. The fraction of sp³-hybridized carbons (Fsp3) is 0.588. The number of nitrogens with one attached hydrogen (secondary N) is 1. The lowest BCUT2D eigenvalue weighted by Gasteiger charge is -2.35. The molecule has 1 aromatic heterocycles. The quantitative estimate of drug-likeness (QED) is 0.410. The van der Waals surface area contributed by atoms with E-state index in [4.69, 9.17) is 14.7 Å². The van der Waals surface area contributed by atoms with E-state index >= 15 is 0 Å². The number of piperidine rings is 1. The van der Waals surface area contributed by atoms with Crippen LogP contribution in [0.15, 0.2) is 30.3 Å². The molecule has 4 fully saturated rings. The number of halogens is 1. The maximum absolute atomic E-state index is 14.5. The first kappa shape index (κ1) is 26.6. The van der Waals surface area contributed by atoms with Crippen LogP contribution in [0.2, 0.25) is 0 Å². The molecule has 5 aliphatic heterocycles. The average Bonchev–Trinajstić information content (AvgIpc) is 3.64. The van der Waals surface area contributed by atoms with E-state index in [9.17, 15) is 9.50 Å². The summed E-state index contributed by atoms with van der Waals surface area (Å²) >= 11 is 0. The van der Waals surface area contributed by atoms with Crippen molar-refractivity contribution in [3.8, 4) is 11.8 Å². The van der Waals surface area contributed by atoms with Crippen LogP contribution in [0, 0.1) is 0 Å². The molecule has 222 valence electrons. The van der Waals surface area contributed by atoms with Crippen LogP contribution in [-0.2, 0) is 19.4 Å². The summed E-state index contributed by atoms with van der Waals surface area (Å²) in [7, 11) is 0. The van der Waals surface area contributed by atoms with Crippen molar-refractivity contribution < 1.29 is 14.2 Å². The molecule has 0 spiro atoms. The lowest BCUT2D eigenvalue weighted by Crippen LogP contribution is -2.43. The van der Waals surface area contributed by atoms with E-state index in [1.54, 1.807) is 0 Å². The largest absolute Gasteiger partial charge is 0.508 e. The number of ether oxygens (including phenoxy) is 1. The Balaban J connectivity index is 1.15. The third kappa shape index (κ3) is 4.53. The number of hydrogen-bond acceptors (Lipinski definition) is 7. The SMILES string of the molecule is CCc1cccc2cc(O)cc(N3CCc4c(nc(OC[C@@]56CCCN5C[C@H](F)C6)nc4[C@H]4C[C@H]5CC[C@@H](C4)N5)C3)c12. The zero-order valence-corrected chi connectivity index (χ0v) is 24.6. The fourth-order valence-electron chi connectivity index (χ4n) is 8.98. The molecular formula is C34H42FN5O2. The second-order valence-corrected chi connectivity index (χ2v) is 13.5. The molecule has 0 aliphatic carbocycles. The molecule has 0 saturated carbocycles. The van der Waals surface area contributed by atoms with Crippen molar-refractivity contribution in [2.45, 2.75) is 101 Å². The Morgan fingerprint density at radius 2 is 2.00 bits per heavy atom. The molecule has 2 bridgehead atoms. The van der Waals surface area contributed by atoms with Gasteiger partial charge in [-0.3, -0.25) is 4.90 Å². The van der Waals surface area contributed by atoms with Crippen molar-refractivity contribution in [1.29, 1.82) is 0 Å². The van der Waals surface area contributed by atoms with Gasteiger partial charge in [-0.1, -0.05) is 25.1 Å². The molecule has 6 heterocycles. The first-order chi connectivity index (χ1) is 20.5. The molecule has 2 N–H and O–H groups in total. The normalized spacial score (nSPS) is 30.6. The lowest BCUT2D eigenvalue weighted by molar-refractivity contribution is 0.106. The first-order valence-corrected chi connectivity index (χ1v) is 16.2. The van der Waals surface area contributed by atoms with Crippen LogP contribution in [0.3, 0.4) is 0 Å². The van der Waals surface area contributed by atoms with E-state index in [0.717, 1.165) is 68.4 Å². The van der Waals surface area contributed by atoms with Gasteiger partial charge in [-0.25, -0.2) is 4.39 Å². The van der Waals surface area contributed by atoms with Gasteiger partial charge in [0, 0.05) is 54.7 Å². The van der Waals surface area contributed by atoms with Gasteiger partial charge in [0.1, 0.15) is 18.5 Å². The Labute approximate surface area is 247 Å². The molecule has 3 aromatic rings. The maximum Gasteiger partial charge on any atom is 0.316 e. The van der Waals surface area contributed by atoms with Gasteiger partial charge in [-0.15, -0.1) is 0 Å². The Kier molecular flexibility index (Phi) is 6.56. The molecule has 8 rings (SSSR count). The van der Waals surface area contributed by atoms with Crippen LogP contribution in [0.5, 0.6) is 11.8 Å². The van der Waals surface area contributed by atoms with Gasteiger partial charge >= 0.3 is 6.01 Å². The fourth-order valence-corrected chi connectivity index (χ4v) is 8.98. The summed E-state index contributed by atoms with van der Waals surface area (Å²) in [6, 6.07) is 11.7. The monoisotopic (exact) mass is 571 g/mol. The van der Waals surface area contributed by atoms with E-state index < -0.39 is 6.17 Å². The predicted molar refractivity (Wildman–Crippen MR) is 162 cm³/mol. The number of rotatable bonds is 6. The van der Waals surface area contributed by atoms with Crippen molar-refractivity contribution in [1.82, 2.24) is 20.2 Å². The number of anilines is 1. The minimum atomic E-state index is -0.780. The summed E-state index contributed by atoms with van der Waals surface area (Å²) in [6.07, 6.45) is 8.35. The van der Waals surface area contributed by atoms with Gasteiger partial charge in [0.05, 0.1) is 23.5 Å². The van der Waals surface area contributed by atoms with Crippen LogP contribution in [0.1, 0.15) is 80.3 Å². The first-order valence-electron chi connectivity index (χ1n) is 16.2. The summed E-state index contributed by atoms with van der Waals surface area (Å²) in [6.45, 7) is 5.61. The summed E-state index contributed by atoms with van der Waals surface area (Å²) in [5.41, 5.74) is 5.63. The summed E-state index contributed by atoms with van der Waals surface area (Å²) < 4.78 is 20.9. The highest BCUT2D eigenvalue weighted by Gasteiger charge is 2.49. The number of fused-ring (bicyclic) bond motifs is 5. The van der Waals surface area contributed by atoms with Crippen LogP contribution >= 0.6 is 0 Å². The number of phenols is 1. The van der Waals surface area contributed by atoms with Crippen LogP contribution in [-0.4, -0.2) is 70.0 Å². The number of aromatic hydroxyl groups is 1. The Morgan fingerprint density at radius 1 is 1.14 bits per heavy atom. The summed E-state index contributed by atoms with van der Waals surface area (Å²) in [5, 5.41) is 16.7. The molecule has 5 aliphatic rings. The highest BCUT2D eigenvalue weighted by molar-refractivity contribution is 5.98. The number of phenolic OH excluding ortho intramolecular Hbond substituents is 1. The highest BCUT2D eigenvalue weighted by atomic mass is 19.1. The molecule has 5 atom stereocenters. The zero-order chi connectivity index (χ0) is 28.4. The van der Waals surface area contributed by atoms with Crippen molar-refractivity contribution in [2.24, 2.45) is 0 Å². The standard InChI is InChI=1S/C34H42FN5O2/c1-2-21-5-3-6-22-15-27(41)16-30(31(21)22)39-12-9-28-29(19-39)37-33(38-32(28)23-13-25-7-8-26(14-23)36-25)42-20-34-10-4-11-40(34)18-24(35)17-34/h3,5-6,15-16,23-26,36,41H,2,4,7-14,17-20H2,1H3/t23-,24-,25+,26-,34+/m1/s1. The van der Waals surface area contributed by atoms with E-state index in [2.05, 4.69) is 40.2 Å². The van der Waals surface area contributed by atoms with E-state index in [1.807, 2.05) is 12.1 Å². The average molecular weight is 572 g/mol. The van der Waals surface area contributed by atoms with E-state index in [1.165, 1.54) is 35.0 Å². The van der Waals surface area contributed by atoms with Gasteiger partial charge in [0.2, 0.25) is 0 Å². The maximum atomic E-state index is 14.5. The van der Waals surface area contributed by atoms with E-state index in [-0.39, 0.29) is 11.3 Å². The molecule has 0 unspecified atom stereocenters. The van der Waals surface area contributed by atoms with Crippen molar-refractivity contribution >= 4 is 16.5 Å². The third-order valence-corrected chi connectivity index (χ3v) is 10.9. The van der Waals surface area contributed by atoms with Gasteiger partial charge in [-0.2, -0.15) is 9.97 Å². The van der Waals surface area contributed by atoms with Gasteiger partial charge in [0.25, 0.3) is 0 Å². The summed E-state index contributed by atoms with van der Waals surface area (Å²) in [4.78, 5) is 14.9. The smallest absolute Gasteiger partial charge is 0.316 e. The van der Waals surface area contributed by atoms with Gasteiger partial charge in [-0.05, 0) is 80.5 Å². The molecule has 2 aromatic carbocycles. The molecule has 42 heavy (non-hydrogen) atoms.